The van der Waals surface area contributed by atoms with Crippen LogP contribution in [0.1, 0.15) is 41.4 Å². The number of carbonyl (C=O) groups excluding carboxylic acids is 4. The van der Waals surface area contributed by atoms with Gasteiger partial charge in [-0.3, -0.25) is 14.4 Å². The van der Waals surface area contributed by atoms with Crippen molar-refractivity contribution in [2.24, 2.45) is 0 Å². The van der Waals surface area contributed by atoms with E-state index in [-0.39, 0.29) is 22.6 Å². The fourth-order valence-electron chi connectivity index (χ4n) is 3.10. The third-order valence-corrected chi connectivity index (χ3v) is 4.75. The number of carbonyl (C=O) groups is 4. The van der Waals surface area contributed by atoms with Gasteiger partial charge in [-0.25, -0.2) is 4.79 Å². The van der Waals surface area contributed by atoms with Crippen LogP contribution in [0.25, 0.3) is 0 Å². The maximum atomic E-state index is 12.6. The predicted octanol–water partition coefficient (Wildman–Crippen LogP) is 3.33. The van der Waals surface area contributed by atoms with Gasteiger partial charge in [0.1, 0.15) is 0 Å². The molecule has 0 spiro atoms. The number of anilines is 1. The lowest BCUT2D eigenvalue weighted by Crippen LogP contribution is -2.32. The second-order valence-corrected chi connectivity index (χ2v) is 6.61. The number of benzene rings is 3. The van der Waals surface area contributed by atoms with Crippen molar-refractivity contribution < 1.29 is 24.0 Å². The van der Waals surface area contributed by atoms with E-state index in [4.69, 9.17) is 4.84 Å². The van der Waals surface area contributed by atoms with Gasteiger partial charge in [0.15, 0.2) is 0 Å². The Morgan fingerprint density at radius 2 is 1.23 bits per heavy atom. The molecule has 7 heteroatoms. The van der Waals surface area contributed by atoms with E-state index in [2.05, 4.69) is 0 Å². The van der Waals surface area contributed by atoms with Gasteiger partial charge >= 0.3 is 5.97 Å². The van der Waals surface area contributed by atoms with E-state index in [9.17, 15) is 19.2 Å². The Bertz CT molecular complexity index is 1120. The van der Waals surface area contributed by atoms with Crippen molar-refractivity contribution in [1.29, 1.82) is 0 Å². The van der Waals surface area contributed by atoms with E-state index in [0.29, 0.717) is 10.6 Å². The molecule has 0 atom stereocenters. The average Bonchev–Trinajstić information content (AvgIpc) is 3.04. The van der Waals surface area contributed by atoms with Crippen LogP contribution in [0.3, 0.4) is 0 Å². The Hall–Kier alpha value is -4.26. The van der Waals surface area contributed by atoms with Crippen molar-refractivity contribution in [3.63, 3.8) is 0 Å². The highest BCUT2D eigenvalue weighted by atomic mass is 16.7. The fraction of sp³-hybridized carbons (Fsp3) is 0.0435. The van der Waals surface area contributed by atoms with Gasteiger partial charge in [-0.05, 0) is 48.5 Å². The van der Waals surface area contributed by atoms with Crippen molar-refractivity contribution in [1.82, 2.24) is 5.06 Å². The number of hydroxylamine groups is 2. The molecule has 3 aromatic carbocycles. The predicted molar refractivity (Wildman–Crippen MR) is 108 cm³/mol. The molecule has 0 saturated carbocycles. The van der Waals surface area contributed by atoms with Crippen LogP contribution in [0, 0.1) is 0 Å². The van der Waals surface area contributed by atoms with Gasteiger partial charge in [0, 0.05) is 18.3 Å². The first-order valence-electron chi connectivity index (χ1n) is 9.10. The summed E-state index contributed by atoms with van der Waals surface area (Å²) in [5.74, 6) is -2.51. The quantitative estimate of drug-likeness (QED) is 0.627. The maximum absolute atomic E-state index is 12.6. The Labute approximate surface area is 172 Å². The van der Waals surface area contributed by atoms with Crippen molar-refractivity contribution in [2.45, 2.75) is 0 Å². The second kappa shape index (κ2) is 7.63. The summed E-state index contributed by atoms with van der Waals surface area (Å²) in [5.41, 5.74) is 1.57. The lowest BCUT2D eigenvalue weighted by Gasteiger charge is -2.17. The van der Waals surface area contributed by atoms with Crippen molar-refractivity contribution in [3.05, 3.63) is 101 Å². The van der Waals surface area contributed by atoms with Crippen LogP contribution in [-0.2, 0) is 4.84 Å². The second-order valence-electron chi connectivity index (χ2n) is 6.61. The normalized spacial score (nSPS) is 12.5. The number of hydrogen-bond donors (Lipinski definition) is 0. The minimum absolute atomic E-state index is 0.102. The molecule has 7 nitrogen and oxygen atoms in total. The van der Waals surface area contributed by atoms with E-state index in [0.717, 1.165) is 5.69 Å². The van der Waals surface area contributed by atoms with Crippen LogP contribution < -0.4 is 4.90 Å². The zero-order valence-corrected chi connectivity index (χ0v) is 15.9. The molecule has 3 amide bonds. The van der Waals surface area contributed by atoms with Gasteiger partial charge in [-0.1, -0.05) is 35.4 Å². The molecule has 3 aromatic rings. The molecule has 4 rings (SSSR count). The lowest BCUT2D eigenvalue weighted by molar-refractivity contribution is -0.0584. The molecule has 1 heterocycles. The van der Waals surface area contributed by atoms with Gasteiger partial charge < -0.3 is 9.74 Å². The molecule has 0 aromatic heterocycles. The smallest absolute Gasteiger partial charge is 0.324 e. The number of para-hydroxylation sites is 1. The first kappa shape index (κ1) is 19.1. The molecule has 30 heavy (non-hydrogen) atoms. The Balaban J connectivity index is 1.47. The highest BCUT2D eigenvalue weighted by Gasteiger charge is 2.38. The van der Waals surface area contributed by atoms with Gasteiger partial charge in [0.25, 0.3) is 17.7 Å². The van der Waals surface area contributed by atoms with Gasteiger partial charge in [-0.2, -0.15) is 0 Å². The fourth-order valence-corrected chi connectivity index (χ4v) is 3.10. The number of fused-ring (bicyclic) bond motifs is 1. The standard InChI is InChI=1S/C23H16N2O5/c1-24(17-7-3-2-4-8-17)20(26)15-11-13-16(14-12-15)23(29)30-25-21(27)18-9-5-6-10-19(18)22(25)28/h2-14H,1H3. The number of nitrogens with zero attached hydrogens (tertiary/aromatic N) is 2. The minimum atomic E-state index is -0.875. The molecule has 0 bridgehead atoms. The number of amides is 3. The Morgan fingerprint density at radius 1 is 0.733 bits per heavy atom. The summed E-state index contributed by atoms with van der Waals surface area (Å²) in [6.45, 7) is 0. The average molecular weight is 400 g/mol. The van der Waals surface area contributed by atoms with Crippen molar-refractivity contribution in [2.75, 3.05) is 11.9 Å². The molecule has 148 valence electrons. The highest BCUT2D eigenvalue weighted by molar-refractivity contribution is 6.21. The van der Waals surface area contributed by atoms with Crippen LogP contribution in [0.15, 0.2) is 78.9 Å². The van der Waals surface area contributed by atoms with Gasteiger partial charge in [-0.15, -0.1) is 0 Å². The van der Waals surface area contributed by atoms with Crippen LogP contribution in [-0.4, -0.2) is 35.8 Å². The molecule has 0 radical (unpaired) electrons. The number of imide groups is 1. The summed E-state index contributed by atoms with van der Waals surface area (Å²) in [7, 11) is 1.65. The van der Waals surface area contributed by atoms with Crippen LogP contribution in [0.4, 0.5) is 5.69 Å². The highest BCUT2D eigenvalue weighted by Crippen LogP contribution is 2.23. The molecule has 0 N–H and O–H groups in total. The zero-order chi connectivity index (χ0) is 21.3. The van der Waals surface area contributed by atoms with E-state index >= 15 is 0 Å². The maximum Gasteiger partial charge on any atom is 0.363 e. The minimum Gasteiger partial charge on any atom is -0.324 e. The summed E-state index contributed by atoms with van der Waals surface area (Å²) >= 11 is 0. The van der Waals surface area contributed by atoms with E-state index in [1.54, 1.807) is 19.2 Å². The largest absolute Gasteiger partial charge is 0.363 e. The molecule has 0 saturated heterocycles. The molecular weight excluding hydrogens is 384 g/mol. The summed E-state index contributed by atoms with van der Waals surface area (Å²) < 4.78 is 0. The molecule has 0 aliphatic carbocycles. The third kappa shape index (κ3) is 3.33. The molecule has 1 aliphatic rings. The number of rotatable bonds is 4. The van der Waals surface area contributed by atoms with Crippen LogP contribution in [0.2, 0.25) is 0 Å². The SMILES string of the molecule is CN(C(=O)c1ccc(C(=O)ON2C(=O)c3ccccc3C2=O)cc1)c1ccccc1. The molecule has 0 unspecified atom stereocenters. The van der Waals surface area contributed by atoms with Crippen molar-refractivity contribution >= 4 is 29.4 Å². The van der Waals surface area contributed by atoms with Crippen molar-refractivity contribution in [3.8, 4) is 0 Å². The Kier molecular flexibility index (Phi) is 4.85. The third-order valence-electron chi connectivity index (χ3n) is 4.75. The Morgan fingerprint density at radius 3 is 1.80 bits per heavy atom. The van der Waals surface area contributed by atoms with E-state index < -0.39 is 17.8 Å². The van der Waals surface area contributed by atoms with Crippen LogP contribution >= 0.6 is 0 Å². The molecule has 1 aliphatic heterocycles. The summed E-state index contributed by atoms with van der Waals surface area (Å²) in [5, 5.41) is 0.454. The monoisotopic (exact) mass is 400 g/mol. The summed E-state index contributed by atoms with van der Waals surface area (Å²) in [6, 6.07) is 21.2. The lowest BCUT2D eigenvalue weighted by atomic mass is 10.1. The van der Waals surface area contributed by atoms with Gasteiger partial charge in [0.05, 0.1) is 16.7 Å². The first-order valence-corrected chi connectivity index (χ1v) is 9.10. The van der Waals surface area contributed by atoms with Crippen LogP contribution in [0.5, 0.6) is 0 Å². The zero-order valence-electron chi connectivity index (χ0n) is 15.9. The van der Waals surface area contributed by atoms with E-state index in [1.165, 1.54) is 41.3 Å². The topological polar surface area (TPSA) is 84.0 Å². The molecule has 0 fully saturated rings. The number of hydrogen-bond acceptors (Lipinski definition) is 5. The summed E-state index contributed by atoms with van der Waals surface area (Å²) in [4.78, 5) is 56.2. The molecular formula is C23H16N2O5. The van der Waals surface area contributed by atoms with E-state index in [1.807, 2.05) is 30.3 Å². The first-order chi connectivity index (χ1) is 14.5. The van der Waals surface area contributed by atoms with Gasteiger partial charge in [0.2, 0.25) is 0 Å². The summed E-state index contributed by atoms with van der Waals surface area (Å²) in [6.07, 6.45) is 0.